The van der Waals surface area contributed by atoms with Crippen LogP contribution in [-0.2, 0) is 13.0 Å². The summed E-state index contributed by atoms with van der Waals surface area (Å²) in [6, 6.07) is 1.41. The van der Waals surface area contributed by atoms with Crippen molar-refractivity contribution >= 4 is 11.9 Å². The molecule has 2 aromatic heterocycles. The first kappa shape index (κ1) is 13.0. The van der Waals surface area contributed by atoms with Gasteiger partial charge in [-0.15, -0.1) is 0 Å². The Hall–Kier alpha value is -2.44. The van der Waals surface area contributed by atoms with Gasteiger partial charge in [0, 0.05) is 12.1 Å². The molecule has 0 bridgehead atoms. The first-order chi connectivity index (χ1) is 9.08. The summed E-state index contributed by atoms with van der Waals surface area (Å²) in [5.41, 5.74) is 0.535. The van der Waals surface area contributed by atoms with Crippen molar-refractivity contribution in [1.29, 1.82) is 0 Å². The Morgan fingerprint density at radius 1 is 1.47 bits per heavy atom. The lowest BCUT2D eigenvalue weighted by Crippen LogP contribution is -2.09. The molecule has 0 saturated heterocycles. The van der Waals surface area contributed by atoms with Crippen molar-refractivity contribution in [2.75, 3.05) is 5.32 Å². The summed E-state index contributed by atoms with van der Waals surface area (Å²) in [4.78, 5) is 22.9. The number of nitrogens with one attached hydrogen (secondary N) is 1. The number of rotatable bonds is 5. The summed E-state index contributed by atoms with van der Waals surface area (Å²) >= 11 is 0. The van der Waals surface area contributed by atoms with E-state index in [-0.39, 0.29) is 11.6 Å². The molecule has 19 heavy (non-hydrogen) atoms. The highest BCUT2D eigenvalue weighted by molar-refractivity contribution is 5.85. The number of aryl methyl sites for hydroxylation is 2. The molecule has 2 N–H and O–H groups in total. The maximum Gasteiger partial charge on any atom is 0.354 e. The molecule has 100 valence electrons. The third kappa shape index (κ3) is 3.27. The van der Waals surface area contributed by atoms with E-state index in [1.165, 1.54) is 6.07 Å². The van der Waals surface area contributed by atoms with E-state index >= 15 is 0 Å². The van der Waals surface area contributed by atoms with Crippen LogP contribution in [0.4, 0.5) is 5.95 Å². The SMILES string of the molecule is CCc1cnc(CNc2nc(C)cc(C(=O)O)n2)o1. The zero-order valence-corrected chi connectivity index (χ0v) is 10.7. The van der Waals surface area contributed by atoms with Crippen LogP contribution in [0.1, 0.15) is 34.8 Å². The summed E-state index contributed by atoms with van der Waals surface area (Å²) in [5, 5.41) is 11.8. The van der Waals surface area contributed by atoms with Gasteiger partial charge in [-0.2, -0.15) is 0 Å². The lowest BCUT2D eigenvalue weighted by atomic mass is 10.3. The van der Waals surface area contributed by atoms with Gasteiger partial charge in [0.2, 0.25) is 11.8 Å². The lowest BCUT2D eigenvalue weighted by Gasteiger charge is -2.04. The van der Waals surface area contributed by atoms with Crippen molar-refractivity contribution in [2.24, 2.45) is 0 Å². The first-order valence-electron chi connectivity index (χ1n) is 5.85. The third-order valence-corrected chi connectivity index (χ3v) is 2.42. The number of oxazole rings is 1. The molecule has 0 radical (unpaired) electrons. The van der Waals surface area contributed by atoms with Gasteiger partial charge in [-0.1, -0.05) is 6.92 Å². The molecule has 0 fully saturated rings. The molecule has 0 spiro atoms. The van der Waals surface area contributed by atoms with Gasteiger partial charge in [-0.3, -0.25) is 0 Å². The van der Waals surface area contributed by atoms with Crippen molar-refractivity contribution in [2.45, 2.75) is 26.8 Å². The third-order valence-electron chi connectivity index (χ3n) is 2.42. The first-order valence-corrected chi connectivity index (χ1v) is 5.85. The van der Waals surface area contributed by atoms with Gasteiger partial charge in [-0.05, 0) is 13.0 Å². The molecular formula is C12H14N4O3. The van der Waals surface area contributed by atoms with E-state index in [0.717, 1.165) is 12.2 Å². The fraction of sp³-hybridized carbons (Fsp3) is 0.333. The van der Waals surface area contributed by atoms with Crippen LogP contribution in [0.25, 0.3) is 0 Å². The van der Waals surface area contributed by atoms with Crippen LogP contribution in [0.5, 0.6) is 0 Å². The number of carboxylic acids is 1. The zero-order valence-electron chi connectivity index (χ0n) is 10.7. The van der Waals surface area contributed by atoms with Crippen molar-refractivity contribution in [3.63, 3.8) is 0 Å². The molecule has 2 heterocycles. The molecule has 0 aromatic carbocycles. The summed E-state index contributed by atoms with van der Waals surface area (Å²) in [6.07, 6.45) is 2.44. The van der Waals surface area contributed by atoms with Gasteiger partial charge < -0.3 is 14.8 Å². The van der Waals surface area contributed by atoms with Crippen LogP contribution in [-0.4, -0.2) is 26.0 Å². The second kappa shape index (κ2) is 5.47. The molecule has 0 atom stereocenters. The number of aromatic nitrogens is 3. The lowest BCUT2D eigenvalue weighted by molar-refractivity contribution is 0.0690. The standard InChI is InChI=1S/C12H14N4O3/c1-3-8-5-13-10(19-8)6-14-12-15-7(2)4-9(16-12)11(17)18/h4-5H,3,6H2,1-2H3,(H,17,18)(H,14,15,16). The van der Waals surface area contributed by atoms with E-state index < -0.39 is 5.97 Å². The fourth-order valence-electron chi connectivity index (χ4n) is 1.51. The van der Waals surface area contributed by atoms with Gasteiger partial charge in [0.15, 0.2) is 5.69 Å². The minimum atomic E-state index is -1.09. The molecule has 0 amide bonds. The molecular weight excluding hydrogens is 248 g/mol. The topological polar surface area (TPSA) is 101 Å². The van der Waals surface area contributed by atoms with Crippen LogP contribution in [0.2, 0.25) is 0 Å². The number of nitrogens with zero attached hydrogens (tertiary/aromatic N) is 3. The van der Waals surface area contributed by atoms with E-state index in [2.05, 4.69) is 20.3 Å². The Morgan fingerprint density at radius 2 is 2.26 bits per heavy atom. The number of anilines is 1. The number of carboxylic acid groups (broad SMARTS) is 1. The molecule has 0 unspecified atom stereocenters. The largest absolute Gasteiger partial charge is 0.477 e. The van der Waals surface area contributed by atoms with Gasteiger partial charge in [0.25, 0.3) is 0 Å². The molecule has 2 aromatic rings. The predicted octanol–water partition coefficient (Wildman–Crippen LogP) is 1.65. The monoisotopic (exact) mass is 262 g/mol. The molecule has 7 nitrogen and oxygen atoms in total. The Labute approximate surface area is 109 Å². The van der Waals surface area contributed by atoms with Gasteiger partial charge in [0.05, 0.1) is 12.7 Å². The number of aromatic carboxylic acids is 1. The van der Waals surface area contributed by atoms with Crippen molar-refractivity contribution < 1.29 is 14.3 Å². The Balaban J connectivity index is 2.08. The summed E-state index contributed by atoms with van der Waals surface area (Å²) < 4.78 is 5.42. The van der Waals surface area contributed by atoms with E-state index in [1.54, 1.807) is 13.1 Å². The van der Waals surface area contributed by atoms with Gasteiger partial charge in [0.1, 0.15) is 5.76 Å². The van der Waals surface area contributed by atoms with Crippen LogP contribution < -0.4 is 5.32 Å². The minimum Gasteiger partial charge on any atom is -0.477 e. The smallest absolute Gasteiger partial charge is 0.354 e. The van der Waals surface area contributed by atoms with E-state index in [4.69, 9.17) is 9.52 Å². The van der Waals surface area contributed by atoms with Gasteiger partial charge in [-0.25, -0.2) is 19.7 Å². The molecule has 2 rings (SSSR count). The van der Waals surface area contributed by atoms with Crippen molar-refractivity contribution in [3.8, 4) is 0 Å². The minimum absolute atomic E-state index is 0.0448. The predicted molar refractivity (Wildman–Crippen MR) is 66.9 cm³/mol. The maximum atomic E-state index is 10.9. The number of carbonyl (C=O) groups is 1. The maximum absolute atomic E-state index is 10.9. The van der Waals surface area contributed by atoms with Crippen LogP contribution in [0.3, 0.4) is 0 Å². The highest BCUT2D eigenvalue weighted by Crippen LogP contribution is 2.08. The normalized spacial score (nSPS) is 10.4. The zero-order chi connectivity index (χ0) is 13.8. The average Bonchev–Trinajstić information content (AvgIpc) is 2.83. The average molecular weight is 262 g/mol. The Bertz CT molecular complexity index is 594. The van der Waals surface area contributed by atoms with E-state index in [9.17, 15) is 4.79 Å². The highest BCUT2D eigenvalue weighted by atomic mass is 16.4. The molecule has 7 heteroatoms. The van der Waals surface area contributed by atoms with Crippen LogP contribution >= 0.6 is 0 Å². The van der Waals surface area contributed by atoms with Crippen molar-refractivity contribution in [3.05, 3.63) is 35.3 Å². The van der Waals surface area contributed by atoms with E-state index in [1.807, 2.05) is 6.92 Å². The summed E-state index contributed by atoms with van der Waals surface area (Å²) in [7, 11) is 0. The fourth-order valence-corrected chi connectivity index (χ4v) is 1.51. The Kier molecular flexibility index (Phi) is 3.74. The molecule has 0 saturated carbocycles. The van der Waals surface area contributed by atoms with Crippen LogP contribution in [0.15, 0.2) is 16.7 Å². The van der Waals surface area contributed by atoms with Gasteiger partial charge >= 0.3 is 5.97 Å². The number of hydrogen-bond donors (Lipinski definition) is 2. The molecule has 0 aliphatic rings. The number of hydrogen-bond acceptors (Lipinski definition) is 6. The Morgan fingerprint density at radius 3 is 2.89 bits per heavy atom. The highest BCUT2D eigenvalue weighted by Gasteiger charge is 2.09. The molecule has 0 aliphatic carbocycles. The van der Waals surface area contributed by atoms with Crippen molar-refractivity contribution in [1.82, 2.24) is 15.0 Å². The quantitative estimate of drug-likeness (QED) is 0.844. The summed E-state index contributed by atoms with van der Waals surface area (Å²) in [6.45, 7) is 3.99. The second-order valence-electron chi connectivity index (χ2n) is 3.95. The van der Waals surface area contributed by atoms with E-state index in [0.29, 0.717) is 18.1 Å². The molecule has 0 aliphatic heterocycles. The summed E-state index contributed by atoms with van der Waals surface area (Å²) in [5.74, 6) is 0.471. The second-order valence-corrected chi connectivity index (χ2v) is 3.95. The van der Waals surface area contributed by atoms with Crippen LogP contribution in [0, 0.1) is 6.92 Å².